The van der Waals surface area contributed by atoms with Crippen LogP contribution in [0.1, 0.15) is 11.1 Å². The van der Waals surface area contributed by atoms with Crippen molar-refractivity contribution in [3.63, 3.8) is 0 Å². The number of fused-ring (bicyclic) bond motifs is 1. The van der Waals surface area contributed by atoms with Crippen molar-refractivity contribution in [1.82, 2.24) is 0 Å². The molecule has 2 heterocycles. The van der Waals surface area contributed by atoms with Crippen LogP contribution in [-0.2, 0) is 6.61 Å². The van der Waals surface area contributed by atoms with Crippen molar-refractivity contribution < 1.29 is 14.1 Å². The number of hydrogen-bond donors (Lipinski definition) is 0. The first-order valence-corrected chi connectivity index (χ1v) is 9.81. The zero-order chi connectivity index (χ0) is 20.5. The smallest absolute Gasteiger partial charge is 0.324 e. The fourth-order valence-corrected chi connectivity index (χ4v) is 3.80. The van der Waals surface area contributed by atoms with E-state index in [1.807, 2.05) is 31.2 Å². The lowest BCUT2D eigenvalue weighted by molar-refractivity contribution is -0.380. The fraction of sp³-hybridized carbons (Fsp3) is 0.0952. The van der Waals surface area contributed by atoms with E-state index in [9.17, 15) is 14.9 Å². The molecule has 0 saturated heterocycles. The first-order chi connectivity index (χ1) is 13.9. The molecular formula is C21H14ClNO5S. The van der Waals surface area contributed by atoms with Crippen molar-refractivity contribution in [1.29, 1.82) is 0 Å². The molecule has 8 heteroatoms. The standard InChI is InChI=1S/C21H14ClNO5S/c1-12-2-4-13(5-3-12)11-27-21-19(24)15-10-14(22)6-7-16(15)28-20(21)17-8-9-18(29-17)23(25)26/h2-10H,11H2,1H3. The number of halogens is 1. The van der Waals surface area contributed by atoms with Crippen molar-refractivity contribution in [2.24, 2.45) is 0 Å². The Morgan fingerprint density at radius 2 is 1.90 bits per heavy atom. The Bertz CT molecular complexity index is 1280. The number of ether oxygens (including phenoxy) is 1. The van der Waals surface area contributed by atoms with Crippen LogP contribution in [0.5, 0.6) is 5.75 Å². The Labute approximate surface area is 174 Å². The predicted octanol–water partition coefficient (Wildman–Crippen LogP) is 5.97. The molecule has 0 radical (unpaired) electrons. The van der Waals surface area contributed by atoms with Gasteiger partial charge in [0, 0.05) is 11.1 Å². The Morgan fingerprint density at radius 1 is 1.14 bits per heavy atom. The molecule has 0 fully saturated rings. The number of aryl methyl sites for hydroxylation is 1. The zero-order valence-corrected chi connectivity index (χ0v) is 16.8. The summed E-state index contributed by atoms with van der Waals surface area (Å²) in [6.45, 7) is 2.13. The third-order valence-electron chi connectivity index (χ3n) is 4.31. The number of hydrogen-bond acceptors (Lipinski definition) is 6. The lowest BCUT2D eigenvalue weighted by Crippen LogP contribution is -2.10. The maximum Gasteiger partial charge on any atom is 0.324 e. The van der Waals surface area contributed by atoms with Crippen molar-refractivity contribution in [2.45, 2.75) is 13.5 Å². The van der Waals surface area contributed by atoms with Crippen molar-refractivity contribution in [2.75, 3.05) is 0 Å². The molecule has 2 aromatic carbocycles. The van der Waals surface area contributed by atoms with Crippen LogP contribution in [0.15, 0.2) is 63.8 Å². The number of nitro groups is 1. The summed E-state index contributed by atoms with van der Waals surface area (Å²) < 4.78 is 11.8. The minimum Gasteiger partial charge on any atom is -0.481 e. The molecule has 0 amide bonds. The van der Waals surface area contributed by atoms with Gasteiger partial charge in [0.25, 0.3) is 0 Å². The highest BCUT2D eigenvalue weighted by molar-refractivity contribution is 7.18. The fourth-order valence-electron chi connectivity index (χ4n) is 2.83. The average molecular weight is 428 g/mol. The van der Waals surface area contributed by atoms with Gasteiger partial charge in [-0.15, -0.1) is 0 Å². The maximum atomic E-state index is 13.1. The highest BCUT2D eigenvalue weighted by atomic mass is 35.5. The van der Waals surface area contributed by atoms with Gasteiger partial charge in [-0.3, -0.25) is 14.9 Å². The molecule has 0 spiro atoms. The van der Waals surface area contributed by atoms with Crippen LogP contribution in [0, 0.1) is 17.0 Å². The first-order valence-electron chi connectivity index (χ1n) is 8.61. The van der Waals surface area contributed by atoms with E-state index in [1.54, 1.807) is 18.2 Å². The van der Waals surface area contributed by atoms with E-state index in [2.05, 4.69) is 0 Å². The van der Waals surface area contributed by atoms with Crippen LogP contribution in [-0.4, -0.2) is 4.92 Å². The van der Waals surface area contributed by atoms with E-state index in [0.29, 0.717) is 15.5 Å². The predicted molar refractivity (Wildman–Crippen MR) is 113 cm³/mol. The summed E-state index contributed by atoms with van der Waals surface area (Å²) >= 11 is 6.95. The number of benzene rings is 2. The van der Waals surface area contributed by atoms with Gasteiger partial charge in [-0.1, -0.05) is 52.8 Å². The summed E-state index contributed by atoms with van der Waals surface area (Å²) in [5, 5.41) is 11.7. The van der Waals surface area contributed by atoms with Crippen LogP contribution >= 0.6 is 22.9 Å². The first kappa shape index (κ1) is 19.2. The summed E-state index contributed by atoms with van der Waals surface area (Å²) in [7, 11) is 0. The summed E-state index contributed by atoms with van der Waals surface area (Å²) in [6, 6.07) is 15.3. The van der Waals surface area contributed by atoms with Crippen LogP contribution in [0.4, 0.5) is 5.00 Å². The molecular weight excluding hydrogens is 414 g/mol. The Balaban J connectivity index is 1.84. The molecule has 0 aliphatic carbocycles. The van der Waals surface area contributed by atoms with Crippen molar-refractivity contribution in [3.05, 3.63) is 91.1 Å². The largest absolute Gasteiger partial charge is 0.481 e. The lowest BCUT2D eigenvalue weighted by Gasteiger charge is -2.11. The van der Waals surface area contributed by atoms with Gasteiger partial charge in [-0.2, -0.15) is 0 Å². The minimum absolute atomic E-state index is 0.00269. The maximum absolute atomic E-state index is 13.1. The molecule has 0 atom stereocenters. The Kier molecular flexibility index (Phi) is 5.08. The van der Waals surface area contributed by atoms with Gasteiger partial charge in [0.05, 0.1) is 15.2 Å². The van der Waals surface area contributed by atoms with Gasteiger partial charge in [0.15, 0.2) is 5.76 Å². The second-order valence-electron chi connectivity index (χ2n) is 6.40. The second-order valence-corrected chi connectivity index (χ2v) is 7.90. The SMILES string of the molecule is Cc1ccc(COc2c(-c3ccc([N+](=O)[O-])s3)oc3ccc(Cl)cc3c2=O)cc1. The number of thiophene rings is 1. The summed E-state index contributed by atoms with van der Waals surface area (Å²) in [5.74, 6) is 0.159. The third-order valence-corrected chi connectivity index (χ3v) is 5.58. The van der Waals surface area contributed by atoms with Crippen LogP contribution in [0.3, 0.4) is 0 Å². The highest BCUT2D eigenvalue weighted by Crippen LogP contribution is 2.38. The topological polar surface area (TPSA) is 82.6 Å². The third kappa shape index (κ3) is 3.87. The van der Waals surface area contributed by atoms with E-state index < -0.39 is 4.92 Å². The number of rotatable bonds is 5. The monoisotopic (exact) mass is 427 g/mol. The summed E-state index contributed by atoms with van der Waals surface area (Å²) in [5.41, 5.74) is 1.93. The van der Waals surface area contributed by atoms with E-state index in [-0.39, 0.29) is 33.9 Å². The van der Waals surface area contributed by atoms with Gasteiger partial charge >= 0.3 is 5.00 Å². The average Bonchev–Trinajstić information content (AvgIpc) is 3.19. The molecule has 0 aliphatic heterocycles. The molecule has 6 nitrogen and oxygen atoms in total. The molecule has 4 aromatic rings. The lowest BCUT2D eigenvalue weighted by atomic mass is 10.1. The molecule has 4 rings (SSSR count). The Morgan fingerprint density at radius 3 is 2.59 bits per heavy atom. The van der Waals surface area contributed by atoms with Gasteiger partial charge in [0.1, 0.15) is 12.2 Å². The molecule has 0 N–H and O–H groups in total. The molecule has 0 bridgehead atoms. The highest BCUT2D eigenvalue weighted by Gasteiger charge is 2.22. The van der Waals surface area contributed by atoms with Gasteiger partial charge in [-0.25, -0.2) is 0 Å². The Hall–Kier alpha value is -3.16. The molecule has 0 unspecified atom stereocenters. The van der Waals surface area contributed by atoms with E-state index in [4.69, 9.17) is 20.8 Å². The molecule has 0 saturated carbocycles. The van der Waals surface area contributed by atoms with Crippen LogP contribution in [0.2, 0.25) is 5.02 Å². The summed E-state index contributed by atoms with van der Waals surface area (Å²) in [6.07, 6.45) is 0. The molecule has 2 aromatic heterocycles. The quantitative estimate of drug-likeness (QED) is 0.289. The molecule has 0 aliphatic rings. The molecule has 146 valence electrons. The van der Waals surface area contributed by atoms with E-state index in [0.717, 1.165) is 22.5 Å². The number of nitrogens with zero attached hydrogens (tertiary/aromatic N) is 1. The van der Waals surface area contributed by atoms with E-state index in [1.165, 1.54) is 12.1 Å². The van der Waals surface area contributed by atoms with Crippen molar-refractivity contribution in [3.8, 4) is 16.4 Å². The normalized spacial score (nSPS) is 11.0. The second kappa shape index (κ2) is 7.69. The van der Waals surface area contributed by atoms with Crippen LogP contribution in [0.25, 0.3) is 21.6 Å². The zero-order valence-electron chi connectivity index (χ0n) is 15.2. The van der Waals surface area contributed by atoms with Crippen LogP contribution < -0.4 is 10.2 Å². The van der Waals surface area contributed by atoms with Gasteiger partial charge in [0.2, 0.25) is 11.2 Å². The van der Waals surface area contributed by atoms with Crippen molar-refractivity contribution >= 4 is 38.9 Å². The molecule has 29 heavy (non-hydrogen) atoms. The summed E-state index contributed by atoms with van der Waals surface area (Å²) in [4.78, 5) is 24.1. The van der Waals surface area contributed by atoms with Gasteiger partial charge in [-0.05, 0) is 36.8 Å². The van der Waals surface area contributed by atoms with E-state index >= 15 is 0 Å². The minimum atomic E-state index is -0.486. The van der Waals surface area contributed by atoms with Gasteiger partial charge < -0.3 is 9.15 Å².